The van der Waals surface area contributed by atoms with Crippen LogP contribution in [0.25, 0.3) is 0 Å². The van der Waals surface area contributed by atoms with Gasteiger partial charge in [0.25, 0.3) is 17.6 Å². The zero-order valence-corrected chi connectivity index (χ0v) is 19.0. The second kappa shape index (κ2) is 9.37. The summed E-state index contributed by atoms with van der Waals surface area (Å²) in [4.78, 5) is 31.3. The monoisotopic (exact) mass is 460 g/mol. The van der Waals surface area contributed by atoms with Gasteiger partial charge in [-0.05, 0) is 37.6 Å². The van der Waals surface area contributed by atoms with Gasteiger partial charge in [0.1, 0.15) is 24.0 Å². The van der Waals surface area contributed by atoms with Crippen molar-refractivity contribution in [2.24, 2.45) is 0 Å². The fraction of sp³-hybridized carbons (Fsp3) is 0.280. The lowest BCUT2D eigenvalue weighted by Gasteiger charge is -2.20. The highest BCUT2D eigenvalue weighted by atomic mass is 16.5. The first kappa shape index (κ1) is 23.0. The minimum Gasteiger partial charge on any atom is -0.489 e. The van der Waals surface area contributed by atoms with Crippen molar-refractivity contribution in [3.63, 3.8) is 0 Å². The molecule has 174 valence electrons. The number of aromatic nitrogens is 2. The van der Waals surface area contributed by atoms with E-state index < -0.39 is 17.6 Å². The number of benzene rings is 2. The van der Waals surface area contributed by atoms with Crippen LogP contribution in [-0.4, -0.2) is 52.4 Å². The Morgan fingerprint density at radius 2 is 2.03 bits per heavy atom. The van der Waals surface area contributed by atoms with E-state index in [-0.39, 0.29) is 18.3 Å². The molecule has 0 fully saturated rings. The maximum Gasteiger partial charge on any atom is 0.293 e. The van der Waals surface area contributed by atoms with Gasteiger partial charge in [-0.3, -0.25) is 9.59 Å². The van der Waals surface area contributed by atoms with Gasteiger partial charge in [0.05, 0.1) is 12.1 Å². The van der Waals surface area contributed by atoms with Gasteiger partial charge < -0.3 is 24.6 Å². The molecule has 1 atom stereocenters. The molecule has 1 aromatic heterocycles. The number of hydrogen-bond donors (Lipinski definition) is 2. The number of carbonyl (C=O) groups excluding carboxylic acids is 2. The third-order valence-corrected chi connectivity index (χ3v) is 5.04. The number of aliphatic hydroxyl groups is 1. The molecule has 2 aromatic carbocycles. The average molecular weight is 460 g/mol. The Bertz CT molecular complexity index is 1270. The van der Waals surface area contributed by atoms with Crippen LogP contribution in [0.4, 0.5) is 5.69 Å². The molecule has 9 nitrogen and oxygen atoms in total. The Hall–Kier alpha value is -4.16. The molecule has 0 radical (unpaired) electrons. The van der Waals surface area contributed by atoms with Crippen molar-refractivity contribution >= 4 is 17.5 Å². The van der Waals surface area contributed by atoms with Crippen molar-refractivity contribution in [1.29, 1.82) is 0 Å². The molecule has 0 aliphatic carbocycles. The van der Waals surface area contributed by atoms with Crippen molar-refractivity contribution in [3.05, 3.63) is 71.4 Å². The van der Waals surface area contributed by atoms with Crippen LogP contribution < -0.4 is 15.0 Å². The number of nitrogens with zero attached hydrogens (tertiary/aromatic N) is 3. The Labute approximate surface area is 196 Å². The summed E-state index contributed by atoms with van der Waals surface area (Å²) in [5.74, 6) is 5.23. The van der Waals surface area contributed by atoms with Gasteiger partial charge in [-0.2, -0.15) is 4.98 Å². The molecule has 34 heavy (non-hydrogen) atoms. The van der Waals surface area contributed by atoms with Crippen LogP contribution in [0.15, 0.2) is 53.1 Å². The van der Waals surface area contributed by atoms with Crippen LogP contribution in [0, 0.1) is 11.8 Å². The third-order valence-electron chi connectivity index (χ3n) is 5.04. The summed E-state index contributed by atoms with van der Waals surface area (Å²) in [6.07, 6.45) is 0.392. The number of carbonyl (C=O) groups is 2. The van der Waals surface area contributed by atoms with E-state index in [0.29, 0.717) is 29.3 Å². The smallest absolute Gasteiger partial charge is 0.293 e. The molecule has 1 unspecified atom stereocenters. The zero-order chi connectivity index (χ0) is 24.3. The molecule has 2 heterocycles. The van der Waals surface area contributed by atoms with Crippen LogP contribution in [0.5, 0.6) is 5.75 Å². The van der Waals surface area contributed by atoms with Crippen LogP contribution >= 0.6 is 0 Å². The van der Waals surface area contributed by atoms with Gasteiger partial charge in [0.2, 0.25) is 5.89 Å². The molecular weight excluding hydrogens is 436 g/mol. The van der Waals surface area contributed by atoms with Gasteiger partial charge in [-0.1, -0.05) is 47.3 Å². The molecule has 2 amide bonds. The van der Waals surface area contributed by atoms with Gasteiger partial charge in [-0.15, -0.1) is 0 Å². The normalized spacial score (nSPS) is 15.5. The van der Waals surface area contributed by atoms with Crippen LogP contribution in [-0.2, 0) is 11.2 Å². The van der Waals surface area contributed by atoms with E-state index in [2.05, 4.69) is 27.3 Å². The molecular formula is C25H24N4O5. The Morgan fingerprint density at radius 3 is 2.76 bits per heavy atom. The topological polar surface area (TPSA) is 118 Å². The van der Waals surface area contributed by atoms with E-state index >= 15 is 0 Å². The number of fused-ring (bicyclic) bond motifs is 1. The first-order valence-electron chi connectivity index (χ1n) is 10.7. The number of ether oxygens (including phenoxy) is 1. The average Bonchev–Trinajstić information content (AvgIpc) is 3.24. The van der Waals surface area contributed by atoms with E-state index in [9.17, 15) is 14.7 Å². The lowest BCUT2D eigenvalue weighted by Crippen LogP contribution is -2.49. The molecule has 9 heteroatoms. The zero-order valence-electron chi connectivity index (χ0n) is 19.0. The highest BCUT2D eigenvalue weighted by molar-refractivity contribution is 6.02. The van der Waals surface area contributed by atoms with E-state index in [1.165, 1.54) is 4.90 Å². The molecule has 1 aliphatic heterocycles. The Kier molecular flexibility index (Phi) is 6.34. The van der Waals surface area contributed by atoms with Crippen LogP contribution in [0.1, 0.15) is 41.5 Å². The van der Waals surface area contributed by atoms with Crippen molar-refractivity contribution in [2.75, 3.05) is 18.6 Å². The van der Waals surface area contributed by atoms with Gasteiger partial charge in [0.15, 0.2) is 0 Å². The standard InChI is InChI=1S/C25H24N4O5/c1-25(2,32)12-11-17-9-10-20-19(13-17)29(3)24(31)18(15-33-20)26-23(30)22-27-21(34-28-22)14-16-7-5-4-6-8-16/h4-10,13,18,32H,14-15H2,1-3H3,(H,26,30). The largest absolute Gasteiger partial charge is 0.489 e. The molecule has 0 saturated heterocycles. The van der Waals surface area contributed by atoms with E-state index in [4.69, 9.17) is 9.26 Å². The number of nitrogens with one attached hydrogen (secondary N) is 1. The minimum absolute atomic E-state index is 0.0642. The van der Waals surface area contributed by atoms with E-state index in [1.807, 2.05) is 30.3 Å². The van der Waals surface area contributed by atoms with Crippen molar-refractivity contribution in [2.45, 2.75) is 31.9 Å². The van der Waals surface area contributed by atoms with Gasteiger partial charge in [-0.25, -0.2) is 0 Å². The number of anilines is 1. The van der Waals surface area contributed by atoms with Gasteiger partial charge in [0, 0.05) is 12.6 Å². The number of amides is 2. The third kappa shape index (κ3) is 5.42. The molecule has 0 saturated carbocycles. The summed E-state index contributed by atoms with van der Waals surface area (Å²) in [7, 11) is 1.59. The SMILES string of the molecule is CN1C(=O)C(NC(=O)c2noc(Cc3ccccc3)n2)COc2ccc(C#CC(C)(C)O)cc21. The molecule has 0 bridgehead atoms. The second-order valence-corrected chi connectivity index (χ2v) is 8.40. The van der Waals surface area contributed by atoms with Crippen molar-refractivity contribution < 1.29 is 24.0 Å². The summed E-state index contributed by atoms with van der Waals surface area (Å²) in [6.45, 7) is 3.11. The Balaban J connectivity index is 1.46. The molecule has 2 N–H and O–H groups in total. The molecule has 0 spiro atoms. The Morgan fingerprint density at radius 1 is 1.26 bits per heavy atom. The summed E-state index contributed by atoms with van der Waals surface area (Å²) >= 11 is 0. The molecule has 3 aromatic rings. The van der Waals surface area contributed by atoms with Crippen LogP contribution in [0.2, 0.25) is 0 Å². The first-order valence-corrected chi connectivity index (χ1v) is 10.7. The quantitative estimate of drug-likeness (QED) is 0.571. The van der Waals surface area contributed by atoms with E-state index in [1.54, 1.807) is 39.1 Å². The first-order chi connectivity index (χ1) is 16.2. The maximum atomic E-state index is 13.0. The van der Waals surface area contributed by atoms with Crippen molar-refractivity contribution in [1.82, 2.24) is 15.5 Å². The lowest BCUT2D eigenvalue weighted by molar-refractivity contribution is -0.120. The predicted molar refractivity (Wildman–Crippen MR) is 123 cm³/mol. The fourth-order valence-corrected chi connectivity index (χ4v) is 3.32. The second-order valence-electron chi connectivity index (χ2n) is 8.40. The summed E-state index contributed by atoms with van der Waals surface area (Å²) in [5, 5.41) is 16.2. The van der Waals surface area contributed by atoms with Gasteiger partial charge >= 0.3 is 0 Å². The number of hydrogen-bond acceptors (Lipinski definition) is 7. The fourth-order valence-electron chi connectivity index (χ4n) is 3.32. The lowest BCUT2D eigenvalue weighted by atomic mass is 10.1. The van der Waals surface area contributed by atoms with E-state index in [0.717, 1.165) is 5.56 Å². The predicted octanol–water partition coefficient (Wildman–Crippen LogP) is 1.94. The highest BCUT2D eigenvalue weighted by Crippen LogP contribution is 2.31. The summed E-state index contributed by atoms with van der Waals surface area (Å²) in [6, 6.07) is 13.7. The number of rotatable bonds is 4. The summed E-state index contributed by atoms with van der Waals surface area (Å²) < 4.78 is 11.0. The maximum absolute atomic E-state index is 13.0. The molecule has 4 rings (SSSR count). The highest BCUT2D eigenvalue weighted by Gasteiger charge is 2.32. The number of likely N-dealkylation sites (N-methyl/N-ethyl adjacent to an activating group) is 1. The minimum atomic E-state index is -1.14. The van der Waals surface area contributed by atoms with Crippen molar-refractivity contribution in [3.8, 4) is 17.6 Å². The van der Waals surface area contributed by atoms with Crippen LogP contribution in [0.3, 0.4) is 0 Å². The molecule has 1 aliphatic rings. The summed E-state index contributed by atoms with van der Waals surface area (Å²) in [5.41, 5.74) is 0.950.